The monoisotopic (exact) mass is 291 g/mol. The molecule has 0 aliphatic rings. The zero-order chi connectivity index (χ0) is 13.9. The number of hydrogen-bond donors (Lipinski definition) is 0. The topological polar surface area (TPSA) is 63.7 Å². The third-order valence-electron chi connectivity index (χ3n) is 2.58. The zero-order valence-corrected chi connectivity index (χ0v) is 11.8. The molecule has 7 heteroatoms. The lowest BCUT2D eigenvalue weighted by atomic mass is 10.3. The van der Waals surface area contributed by atoms with Crippen LogP contribution in [0.5, 0.6) is 0 Å². The van der Waals surface area contributed by atoms with Crippen molar-refractivity contribution in [1.29, 1.82) is 0 Å². The number of methoxy groups -OCH3 is 1. The van der Waals surface area contributed by atoms with Gasteiger partial charge in [0.05, 0.1) is 12.0 Å². The number of likely N-dealkylation sites (N-methyl/N-ethyl adjacent to an activating group) is 1. The van der Waals surface area contributed by atoms with Crippen molar-refractivity contribution in [3.8, 4) is 0 Å². The summed E-state index contributed by atoms with van der Waals surface area (Å²) in [5.41, 5.74) is 0. The maximum atomic E-state index is 12.2. The molecule has 100 valence electrons. The molecule has 5 nitrogen and oxygen atoms in total. The summed E-state index contributed by atoms with van der Waals surface area (Å²) in [6.07, 6.45) is 0. The van der Waals surface area contributed by atoms with Crippen LogP contribution in [0.3, 0.4) is 0 Å². The van der Waals surface area contributed by atoms with E-state index in [9.17, 15) is 13.2 Å². The number of benzene rings is 1. The Labute approximate surface area is 111 Å². The highest BCUT2D eigenvalue weighted by Crippen LogP contribution is 2.19. The van der Waals surface area contributed by atoms with Crippen LogP contribution >= 0.6 is 11.6 Å². The van der Waals surface area contributed by atoms with Crippen LogP contribution in [-0.2, 0) is 19.6 Å². The van der Waals surface area contributed by atoms with Gasteiger partial charge in [-0.15, -0.1) is 0 Å². The van der Waals surface area contributed by atoms with Gasteiger partial charge in [-0.05, 0) is 31.2 Å². The van der Waals surface area contributed by atoms with Gasteiger partial charge in [0.15, 0.2) is 0 Å². The van der Waals surface area contributed by atoms with Gasteiger partial charge < -0.3 is 4.74 Å². The standard InChI is InChI=1S/C11H14ClNO4S/c1-8(11(14)17-3)13(2)18(15,16)10-6-4-9(12)5-7-10/h4-8H,1-3H3/t8-/m0/s1. The molecule has 0 spiro atoms. The summed E-state index contributed by atoms with van der Waals surface area (Å²) in [5, 5.41) is 0.442. The lowest BCUT2D eigenvalue weighted by Gasteiger charge is -2.22. The molecule has 0 amide bonds. The third-order valence-corrected chi connectivity index (χ3v) is 4.77. The Kier molecular flexibility index (Phi) is 4.72. The summed E-state index contributed by atoms with van der Waals surface area (Å²) in [5.74, 6) is -0.616. The van der Waals surface area contributed by atoms with E-state index in [1.165, 1.54) is 45.3 Å². The van der Waals surface area contributed by atoms with Crippen molar-refractivity contribution in [1.82, 2.24) is 4.31 Å². The molecule has 1 atom stereocenters. The van der Waals surface area contributed by atoms with E-state index in [0.29, 0.717) is 5.02 Å². The molecular formula is C11H14ClNO4S. The number of sulfonamides is 1. The molecule has 0 aliphatic heterocycles. The molecule has 0 heterocycles. The van der Waals surface area contributed by atoms with E-state index in [1.54, 1.807) is 0 Å². The van der Waals surface area contributed by atoms with Crippen LogP contribution in [0.15, 0.2) is 29.2 Å². The second kappa shape index (κ2) is 5.69. The average molecular weight is 292 g/mol. The fourth-order valence-corrected chi connectivity index (χ4v) is 2.74. The van der Waals surface area contributed by atoms with Gasteiger partial charge in [-0.2, -0.15) is 4.31 Å². The van der Waals surface area contributed by atoms with Crippen LogP contribution in [-0.4, -0.2) is 38.9 Å². The maximum Gasteiger partial charge on any atom is 0.323 e. The molecule has 0 aliphatic carbocycles. The van der Waals surface area contributed by atoms with Gasteiger partial charge in [0.25, 0.3) is 0 Å². The number of ether oxygens (including phenoxy) is 1. The Hall–Kier alpha value is -1.11. The first-order valence-electron chi connectivity index (χ1n) is 5.12. The highest BCUT2D eigenvalue weighted by Gasteiger charge is 2.30. The van der Waals surface area contributed by atoms with Crippen LogP contribution in [0.1, 0.15) is 6.92 Å². The van der Waals surface area contributed by atoms with Crippen molar-refractivity contribution in [3.05, 3.63) is 29.3 Å². The Morgan fingerprint density at radius 2 is 1.83 bits per heavy atom. The Morgan fingerprint density at radius 3 is 2.28 bits per heavy atom. The number of carbonyl (C=O) groups is 1. The molecule has 0 fully saturated rings. The maximum absolute atomic E-state index is 12.2. The second-order valence-electron chi connectivity index (χ2n) is 3.67. The van der Waals surface area contributed by atoms with Crippen molar-refractivity contribution >= 4 is 27.6 Å². The van der Waals surface area contributed by atoms with Crippen LogP contribution < -0.4 is 0 Å². The first-order valence-corrected chi connectivity index (χ1v) is 6.94. The molecule has 1 aromatic carbocycles. The number of carbonyl (C=O) groups excluding carboxylic acids is 1. The zero-order valence-electron chi connectivity index (χ0n) is 10.3. The Bertz CT molecular complexity index is 526. The number of rotatable bonds is 4. The number of hydrogen-bond acceptors (Lipinski definition) is 4. The van der Waals surface area contributed by atoms with E-state index >= 15 is 0 Å². The summed E-state index contributed by atoms with van der Waals surface area (Å²) >= 11 is 5.69. The summed E-state index contributed by atoms with van der Waals surface area (Å²) in [6, 6.07) is 4.84. The van der Waals surface area contributed by atoms with E-state index < -0.39 is 22.0 Å². The number of esters is 1. The van der Waals surface area contributed by atoms with Crippen LogP contribution in [0, 0.1) is 0 Å². The molecule has 0 unspecified atom stereocenters. The minimum atomic E-state index is -3.74. The predicted molar refractivity (Wildman–Crippen MR) is 67.9 cm³/mol. The average Bonchev–Trinajstić information content (AvgIpc) is 2.36. The highest BCUT2D eigenvalue weighted by atomic mass is 35.5. The van der Waals surface area contributed by atoms with Crippen molar-refractivity contribution in [2.45, 2.75) is 17.9 Å². The second-order valence-corrected chi connectivity index (χ2v) is 6.11. The molecule has 1 aromatic rings. The number of halogens is 1. The van der Waals surface area contributed by atoms with Gasteiger partial charge in [-0.3, -0.25) is 4.79 Å². The molecule has 0 radical (unpaired) electrons. The fourth-order valence-electron chi connectivity index (χ4n) is 1.30. The minimum Gasteiger partial charge on any atom is -0.468 e. The quantitative estimate of drug-likeness (QED) is 0.789. The van der Waals surface area contributed by atoms with Crippen molar-refractivity contribution < 1.29 is 17.9 Å². The molecule has 0 bridgehead atoms. The fraction of sp³-hybridized carbons (Fsp3) is 0.364. The van der Waals surface area contributed by atoms with Crippen molar-refractivity contribution in [3.63, 3.8) is 0 Å². The van der Waals surface area contributed by atoms with Crippen LogP contribution in [0.4, 0.5) is 0 Å². The van der Waals surface area contributed by atoms with Gasteiger partial charge >= 0.3 is 5.97 Å². The van der Waals surface area contributed by atoms with E-state index in [2.05, 4.69) is 4.74 Å². The normalized spacial score (nSPS) is 13.4. The lowest BCUT2D eigenvalue weighted by molar-refractivity contribution is -0.144. The summed E-state index contributed by atoms with van der Waals surface area (Å²) < 4.78 is 29.8. The van der Waals surface area contributed by atoms with Gasteiger partial charge in [-0.1, -0.05) is 11.6 Å². The molecule has 0 aromatic heterocycles. The lowest BCUT2D eigenvalue weighted by Crippen LogP contribution is -2.40. The Morgan fingerprint density at radius 1 is 1.33 bits per heavy atom. The smallest absolute Gasteiger partial charge is 0.323 e. The molecule has 0 N–H and O–H groups in total. The molecule has 0 saturated carbocycles. The highest BCUT2D eigenvalue weighted by molar-refractivity contribution is 7.89. The summed E-state index contributed by atoms with van der Waals surface area (Å²) in [4.78, 5) is 11.4. The largest absolute Gasteiger partial charge is 0.468 e. The molecular weight excluding hydrogens is 278 g/mol. The van der Waals surface area contributed by atoms with Gasteiger partial charge in [-0.25, -0.2) is 8.42 Å². The minimum absolute atomic E-state index is 0.0742. The van der Waals surface area contributed by atoms with Gasteiger partial charge in [0.2, 0.25) is 10.0 Å². The third kappa shape index (κ3) is 3.01. The van der Waals surface area contributed by atoms with Crippen molar-refractivity contribution in [2.24, 2.45) is 0 Å². The van der Waals surface area contributed by atoms with E-state index in [1.807, 2.05) is 0 Å². The van der Waals surface area contributed by atoms with E-state index in [-0.39, 0.29) is 4.90 Å². The molecule has 0 saturated heterocycles. The predicted octanol–water partition coefficient (Wildman–Crippen LogP) is 1.52. The number of nitrogens with zero attached hydrogens (tertiary/aromatic N) is 1. The van der Waals surface area contributed by atoms with Gasteiger partial charge in [0, 0.05) is 12.1 Å². The molecule has 1 rings (SSSR count). The van der Waals surface area contributed by atoms with E-state index in [0.717, 1.165) is 4.31 Å². The van der Waals surface area contributed by atoms with E-state index in [4.69, 9.17) is 11.6 Å². The Balaban J connectivity index is 3.07. The van der Waals surface area contributed by atoms with Gasteiger partial charge in [0.1, 0.15) is 6.04 Å². The molecule has 18 heavy (non-hydrogen) atoms. The van der Waals surface area contributed by atoms with Crippen LogP contribution in [0.2, 0.25) is 5.02 Å². The summed E-state index contributed by atoms with van der Waals surface area (Å²) in [6.45, 7) is 1.46. The summed E-state index contributed by atoms with van der Waals surface area (Å²) in [7, 11) is -1.20. The van der Waals surface area contributed by atoms with Crippen LogP contribution in [0.25, 0.3) is 0 Å². The first-order chi connectivity index (χ1) is 8.30. The van der Waals surface area contributed by atoms with Crippen molar-refractivity contribution in [2.75, 3.05) is 14.2 Å². The first kappa shape index (κ1) is 14.9. The SMILES string of the molecule is COC(=O)[C@H](C)N(C)S(=O)(=O)c1ccc(Cl)cc1.